The molecule has 0 saturated heterocycles. The van der Waals surface area contributed by atoms with Gasteiger partial charge in [0.15, 0.2) is 0 Å². The van der Waals surface area contributed by atoms with E-state index in [1.807, 2.05) is 6.07 Å². The third-order valence-electron chi connectivity index (χ3n) is 1.52. The normalized spacial score (nSPS) is 11.0. The molecule has 0 radical (unpaired) electrons. The number of nitrogens with zero attached hydrogens (tertiary/aromatic N) is 1. The molecule has 0 saturated carbocycles. The van der Waals surface area contributed by atoms with Crippen molar-refractivity contribution in [3.8, 4) is 6.07 Å². The summed E-state index contributed by atoms with van der Waals surface area (Å²) in [4.78, 5) is 0.505. The summed E-state index contributed by atoms with van der Waals surface area (Å²) in [6.07, 6.45) is 3.33. The van der Waals surface area contributed by atoms with Crippen LogP contribution in [0.25, 0.3) is 6.08 Å². The minimum Gasteiger partial charge on any atom is -0.206 e. The van der Waals surface area contributed by atoms with Gasteiger partial charge in [0.1, 0.15) is 11.9 Å². The van der Waals surface area contributed by atoms with Crippen LogP contribution in [-0.2, 0) is 0 Å². The number of nitriles is 1. The second-order valence-corrected chi connectivity index (χ2v) is 3.19. The maximum Gasteiger partial charge on any atom is 0.130 e. The van der Waals surface area contributed by atoms with Gasteiger partial charge in [-0.25, -0.2) is 4.39 Å². The number of thioether (sulfide) groups is 1. The molecular weight excluding hydrogens is 185 g/mol. The van der Waals surface area contributed by atoms with Gasteiger partial charge in [0.05, 0.1) is 4.91 Å². The number of benzene rings is 1. The minimum atomic E-state index is -0.302. The third kappa shape index (κ3) is 2.60. The van der Waals surface area contributed by atoms with Crippen molar-refractivity contribution in [1.29, 1.82) is 5.26 Å². The predicted octanol–water partition coefficient (Wildman–Crippen LogP) is 3.05. The zero-order valence-electron chi connectivity index (χ0n) is 7.12. The molecule has 0 N–H and O–H groups in total. The summed E-state index contributed by atoms with van der Waals surface area (Å²) in [5, 5.41) is 8.62. The lowest BCUT2D eigenvalue weighted by molar-refractivity contribution is 0.625. The van der Waals surface area contributed by atoms with Crippen LogP contribution < -0.4 is 0 Å². The second kappa shape index (κ2) is 4.68. The van der Waals surface area contributed by atoms with Gasteiger partial charge in [0.2, 0.25) is 0 Å². The standard InChI is InChI=1S/C10H8FNS/c1-13-9(7-12)6-8-4-2-3-5-10(8)11/h2-6H,1H3/b9-6+. The van der Waals surface area contributed by atoms with Crippen LogP contribution in [0.4, 0.5) is 4.39 Å². The first kappa shape index (κ1) is 9.82. The quantitative estimate of drug-likeness (QED) is 0.674. The van der Waals surface area contributed by atoms with Gasteiger partial charge in [-0.3, -0.25) is 0 Å². The summed E-state index contributed by atoms with van der Waals surface area (Å²) < 4.78 is 13.1. The van der Waals surface area contributed by atoms with Crippen LogP contribution in [0.3, 0.4) is 0 Å². The monoisotopic (exact) mass is 193 g/mol. The number of hydrogen-bond acceptors (Lipinski definition) is 2. The molecule has 0 bridgehead atoms. The minimum absolute atomic E-state index is 0.302. The van der Waals surface area contributed by atoms with Gasteiger partial charge >= 0.3 is 0 Å². The summed E-state index contributed by atoms with van der Waals surface area (Å²) >= 11 is 1.31. The molecule has 1 aromatic rings. The van der Waals surface area contributed by atoms with E-state index < -0.39 is 0 Å². The summed E-state index contributed by atoms with van der Waals surface area (Å²) in [5.41, 5.74) is 0.452. The van der Waals surface area contributed by atoms with Crippen molar-refractivity contribution in [2.45, 2.75) is 0 Å². The average Bonchev–Trinajstić information content (AvgIpc) is 2.17. The second-order valence-electron chi connectivity index (χ2n) is 2.35. The summed E-state index contributed by atoms with van der Waals surface area (Å²) in [5.74, 6) is -0.302. The highest BCUT2D eigenvalue weighted by Crippen LogP contribution is 2.17. The molecule has 0 atom stereocenters. The van der Waals surface area contributed by atoms with E-state index in [2.05, 4.69) is 0 Å². The fourth-order valence-corrected chi connectivity index (χ4v) is 1.21. The number of halogens is 1. The Morgan fingerprint density at radius 2 is 2.23 bits per heavy atom. The topological polar surface area (TPSA) is 23.8 Å². The van der Waals surface area contributed by atoms with Crippen LogP contribution in [0.2, 0.25) is 0 Å². The van der Waals surface area contributed by atoms with Crippen molar-refractivity contribution >= 4 is 17.8 Å². The maximum absolute atomic E-state index is 13.1. The highest BCUT2D eigenvalue weighted by molar-refractivity contribution is 8.02. The highest BCUT2D eigenvalue weighted by Gasteiger charge is 1.98. The van der Waals surface area contributed by atoms with Crippen molar-refractivity contribution < 1.29 is 4.39 Å². The molecule has 66 valence electrons. The molecule has 1 nitrogen and oxygen atoms in total. The summed E-state index contributed by atoms with van der Waals surface area (Å²) in [6, 6.07) is 8.37. The van der Waals surface area contributed by atoms with Crippen molar-refractivity contribution in [1.82, 2.24) is 0 Å². The SMILES string of the molecule is CS/C(C#N)=C/c1ccccc1F. The number of hydrogen-bond donors (Lipinski definition) is 0. The van der Waals surface area contributed by atoms with Gasteiger partial charge < -0.3 is 0 Å². The maximum atomic E-state index is 13.1. The Labute approximate surface area is 80.9 Å². The zero-order chi connectivity index (χ0) is 9.68. The molecule has 1 aromatic carbocycles. The number of allylic oxidation sites excluding steroid dienone is 1. The Morgan fingerprint density at radius 3 is 2.77 bits per heavy atom. The first-order chi connectivity index (χ1) is 6.27. The van der Waals surface area contributed by atoms with E-state index in [1.54, 1.807) is 30.5 Å². The Kier molecular flexibility index (Phi) is 3.53. The van der Waals surface area contributed by atoms with Crippen molar-refractivity contribution in [3.05, 3.63) is 40.6 Å². The van der Waals surface area contributed by atoms with E-state index in [0.717, 1.165) is 0 Å². The van der Waals surface area contributed by atoms with E-state index in [-0.39, 0.29) is 5.82 Å². The van der Waals surface area contributed by atoms with Gasteiger partial charge in [0, 0.05) is 5.56 Å². The molecular formula is C10H8FNS. The fraction of sp³-hybridized carbons (Fsp3) is 0.100. The van der Waals surface area contributed by atoms with Gasteiger partial charge in [-0.1, -0.05) is 18.2 Å². The van der Waals surface area contributed by atoms with Crippen LogP contribution in [0.15, 0.2) is 29.2 Å². The fourth-order valence-electron chi connectivity index (χ4n) is 0.870. The van der Waals surface area contributed by atoms with E-state index in [0.29, 0.717) is 10.5 Å². The van der Waals surface area contributed by atoms with Crippen LogP contribution in [0, 0.1) is 17.1 Å². The van der Waals surface area contributed by atoms with Crippen LogP contribution in [-0.4, -0.2) is 6.26 Å². The molecule has 3 heteroatoms. The molecule has 1 rings (SSSR count). The van der Waals surface area contributed by atoms with Crippen LogP contribution >= 0.6 is 11.8 Å². The smallest absolute Gasteiger partial charge is 0.130 e. The Balaban J connectivity index is 3.04. The lowest BCUT2D eigenvalue weighted by atomic mass is 10.2. The van der Waals surface area contributed by atoms with Gasteiger partial charge in [-0.15, -0.1) is 11.8 Å². The van der Waals surface area contributed by atoms with E-state index >= 15 is 0 Å². The van der Waals surface area contributed by atoms with E-state index in [4.69, 9.17) is 5.26 Å². The molecule has 0 heterocycles. The Morgan fingerprint density at radius 1 is 1.54 bits per heavy atom. The predicted molar refractivity (Wildman–Crippen MR) is 53.5 cm³/mol. The lowest BCUT2D eigenvalue weighted by Crippen LogP contribution is -1.80. The van der Waals surface area contributed by atoms with Crippen molar-refractivity contribution in [3.63, 3.8) is 0 Å². The van der Waals surface area contributed by atoms with Gasteiger partial charge in [0.25, 0.3) is 0 Å². The molecule has 0 aliphatic carbocycles. The zero-order valence-corrected chi connectivity index (χ0v) is 7.94. The van der Waals surface area contributed by atoms with Crippen molar-refractivity contribution in [2.75, 3.05) is 6.26 Å². The van der Waals surface area contributed by atoms with E-state index in [9.17, 15) is 4.39 Å². The lowest BCUT2D eigenvalue weighted by Gasteiger charge is -1.96. The molecule has 0 aliphatic heterocycles. The highest BCUT2D eigenvalue weighted by atomic mass is 32.2. The van der Waals surface area contributed by atoms with Crippen molar-refractivity contribution in [2.24, 2.45) is 0 Å². The first-order valence-electron chi connectivity index (χ1n) is 3.68. The van der Waals surface area contributed by atoms with Crippen LogP contribution in [0.1, 0.15) is 5.56 Å². The van der Waals surface area contributed by atoms with Gasteiger partial charge in [-0.2, -0.15) is 5.26 Å². The largest absolute Gasteiger partial charge is 0.206 e. The number of rotatable bonds is 2. The molecule has 0 fully saturated rings. The first-order valence-corrected chi connectivity index (χ1v) is 4.90. The third-order valence-corrected chi connectivity index (χ3v) is 2.17. The summed E-state index contributed by atoms with van der Waals surface area (Å²) in [7, 11) is 0. The Hall–Kier alpha value is -1.27. The van der Waals surface area contributed by atoms with E-state index in [1.165, 1.54) is 17.8 Å². The molecule has 0 spiro atoms. The molecule has 0 amide bonds. The molecule has 0 aromatic heterocycles. The molecule has 0 aliphatic rings. The summed E-state index contributed by atoms with van der Waals surface area (Å²) in [6.45, 7) is 0. The molecule has 0 unspecified atom stereocenters. The molecule has 13 heavy (non-hydrogen) atoms. The average molecular weight is 193 g/mol. The van der Waals surface area contributed by atoms with Gasteiger partial charge in [-0.05, 0) is 18.4 Å². The Bertz CT molecular complexity index is 365. The van der Waals surface area contributed by atoms with Crippen LogP contribution in [0.5, 0.6) is 0 Å².